The summed E-state index contributed by atoms with van der Waals surface area (Å²) in [7, 11) is 0. The maximum absolute atomic E-state index is 12.8. The molecule has 3 nitrogen and oxygen atoms in total. The van der Waals surface area contributed by atoms with Crippen molar-refractivity contribution in [3.63, 3.8) is 0 Å². The Balaban J connectivity index is 2.17. The van der Waals surface area contributed by atoms with Crippen molar-refractivity contribution in [2.24, 2.45) is 5.41 Å². The summed E-state index contributed by atoms with van der Waals surface area (Å²) in [5, 5.41) is 9.24. The van der Waals surface area contributed by atoms with Crippen LogP contribution in [0.15, 0.2) is 24.3 Å². The van der Waals surface area contributed by atoms with Gasteiger partial charge in [-0.3, -0.25) is 4.79 Å². The summed E-state index contributed by atoms with van der Waals surface area (Å²) < 4.78 is 17.9. The van der Waals surface area contributed by atoms with Gasteiger partial charge in [0, 0.05) is 5.41 Å². The molecule has 0 saturated carbocycles. The number of halogens is 1. The maximum atomic E-state index is 12.8. The van der Waals surface area contributed by atoms with Crippen LogP contribution in [0.3, 0.4) is 0 Å². The van der Waals surface area contributed by atoms with Crippen LogP contribution in [0.1, 0.15) is 24.8 Å². The fraction of sp³-hybridized carbons (Fsp3) is 0.462. The highest BCUT2D eigenvalue weighted by Crippen LogP contribution is 2.37. The van der Waals surface area contributed by atoms with Gasteiger partial charge in [0.05, 0.1) is 19.1 Å². The molecule has 1 aliphatic rings. The van der Waals surface area contributed by atoms with Crippen LogP contribution in [0.25, 0.3) is 0 Å². The van der Waals surface area contributed by atoms with Gasteiger partial charge in [-0.15, -0.1) is 0 Å². The van der Waals surface area contributed by atoms with Gasteiger partial charge in [-0.05, 0) is 24.1 Å². The predicted octanol–water partition coefficient (Wildman–Crippen LogP) is 2.42. The first-order chi connectivity index (χ1) is 8.00. The third-order valence-corrected chi connectivity index (χ3v) is 3.17. The zero-order valence-corrected chi connectivity index (χ0v) is 9.65. The number of carbonyl (C=O) groups is 1. The Kier molecular flexibility index (Phi) is 3.15. The molecule has 92 valence electrons. The van der Waals surface area contributed by atoms with Crippen molar-refractivity contribution in [3.05, 3.63) is 35.6 Å². The topological polar surface area (TPSA) is 46.5 Å². The fourth-order valence-corrected chi connectivity index (χ4v) is 2.10. The summed E-state index contributed by atoms with van der Waals surface area (Å²) in [5.41, 5.74) is 0.573. The summed E-state index contributed by atoms with van der Waals surface area (Å²) in [4.78, 5) is 11.3. The highest BCUT2D eigenvalue weighted by atomic mass is 19.1. The maximum Gasteiger partial charge on any atom is 0.310 e. The molecule has 0 amide bonds. The van der Waals surface area contributed by atoms with Crippen LogP contribution in [0.4, 0.5) is 4.39 Å². The molecule has 0 spiro atoms. The van der Waals surface area contributed by atoms with Gasteiger partial charge in [0.25, 0.3) is 0 Å². The molecule has 0 bridgehead atoms. The number of carboxylic acids is 1. The normalized spacial score (nSPS) is 19.4. The molecule has 1 N–H and O–H groups in total. The van der Waals surface area contributed by atoms with Gasteiger partial charge in [-0.2, -0.15) is 0 Å². The first-order valence-electron chi connectivity index (χ1n) is 5.56. The van der Waals surface area contributed by atoms with Crippen molar-refractivity contribution >= 4 is 5.97 Å². The Morgan fingerprint density at radius 2 is 2.06 bits per heavy atom. The van der Waals surface area contributed by atoms with E-state index in [-0.39, 0.29) is 11.2 Å². The summed E-state index contributed by atoms with van der Waals surface area (Å²) in [6.45, 7) is 3.20. The molecule has 0 aliphatic carbocycles. The van der Waals surface area contributed by atoms with Crippen LogP contribution in [0.2, 0.25) is 0 Å². The summed E-state index contributed by atoms with van der Waals surface area (Å²) in [5.74, 6) is -1.81. The van der Waals surface area contributed by atoms with Crippen molar-refractivity contribution in [3.8, 4) is 0 Å². The molecule has 1 heterocycles. The zero-order chi connectivity index (χ0) is 12.5. The lowest BCUT2D eigenvalue weighted by atomic mass is 9.77. The van der Waals surface area contributed by atoms with E-state index in [1.54, 1.807) is 0 Å². The average molecular weight is 238 g/mol. The van der Waals surface area contributed by atoms with Crippen LogP contribution < -0.4 is 0 Å². The van der Waals surface area contributed by atoms with Gasteiger partial charge in [0.2, 0.25) is 0 Å². The number of benzene rings is 1. The Labute approximate surface area is 99.2 Å². The monoisotopic (exact) mass is 238 g/mol. The van der Waals surface area contributed by atoms with Crippen molar-refractivity contribution in [1.82, 2.24) is 0 Å². The Hall–Kier alpha value is -1.42. The van der Waals surface area contributed by atoms with E-state index in [1.807, 2.05) is 6.92 Å². The number of rotatable bonds is 4. The van der Waals surface area contributed by atoms with E-state index in [0.717, 1.165) is 0 Å². The molecule has 0 radical (unpaired) electrons. The SMILES string of the molecule is CC1(CC(C(=O)O)c2ccc(F)cc2)COC1. The lowest BCUT2D eigenvalue weighted by Gasteiger charge is -2.39. The molecular formula is C13H15FO3. The minimum Gasteiger partial charge on any atom is -0.481 e. The molecule has 1 aromatic rings. The highest BCUT2D eigenvalue weighted by molar-refractivity contribution is 5.76. The molecule has 0 aromatic heterocycles. The van der Waals surface area contributed by atoms with Gasteiger partial charge >= 0.3 is 5.97 Å². The van der Waals surface area contributed by atoms with Gasteiger partial charge in [-0.25, -0.2) is 4.39 Å². The molecule has 1 fully saturated rings. The van der Waals surface area contributed by atoms with Crippen LogP contribution >= 0.6 is 0 Å². The molecule has 1 aromatic carbocycles. The fourth-order valence-electron chi connectivity index (χ4n) is 2.10. The van der Waals surface area contributed by atoms with Crippen LogP contribution in [0, 0.1) is 11.2 Å². The van der Waals surface area contributed by atoms with Crippen molar-refractivity contribution in [1.29, 1.82) is 0 Å². The molecule has 1 atom stereocenters. The standard InChI is InChI=1S/C13H15FO3/c1-13(7-17-8-13)6-11(12(15)16)9-2-4-10(14)5-3-9/h2-5,11H,6-8H2,1H3,(H,15,16). The number of ether oxygens (including phenoxy) is 1. The third-order valence-electron chi connectivity index (χ3n) is 3.17. The van der Waals surface area contributed by atoms with E-state index >= 15 is 0 Å². The van der Waals surface area contributed by atoms with E-state index in [0.29, 0.717) is 25.2 Å². The quantitative estimate of drug-likeness (QED) is 0.876. The second-order valence-electron chi connectivity index (χ2n) is 4.95. The lowest BCUT2D eigenvalue weighted by Crippen LogP contribution is -2.41. The summed E-state index contributed by atoms with van der Waals surface area (Å²) in [6, 6.07) is 5.67. The summed E-state index contributed by atoms with van der Waals surface area (Å²) in [6.07, 6.45) is 0.522. The second-order valence-corrected chi connectivity index (χ2v) is 4.95. The first kappa shape index (κ1) is 12.0. The minimum absolute atomic E-state index is 0.0720. The van der Waals surface area contributed by atoms with Crippen LogP contribution in [-0.2, 0) is 9.53 Å². The molecule has 4 heteroatoms. The van der Waals surface area contributed by atoms with Crippen molar-refractivity contribution in [2.75, 3.05) is 13.2 Å². The number of hydrogen-bond acceptors (Lipinski definition) is 2. The van der Waals surface area contributed by atoms with Gasteiger partial charge < -0.3 is 9.84 Å². The Morgan fingerprint density at radius 3 is 2.47 bits per heavy atom. The molecule has 1 aliphatic heterocycles. The largest absolute Gasteiger partial charge is 0.481 e. The zero-order valence-electron chi connectivity index (χ0n) is 9.65. The van der Waals surface area contributed by atoms with Gasteiger partial charge in [0.1, 0.15) is 5.82 Å². The Morgan fingerprint density at radius 1 is 1.47 bits per heavy atom. The molecular weight excluding hydrogens is 223 g/mol. The second kappa shape index (κ2) is 4.45. The highest BCUT2D eigenvalue weighted by Gasteiger charge is 2.38. The number of aliphatic carboxylic acids is 1. The average Bonchev–Trinajstić information content (AvgIpc) is 2.24. The Bertz CT molecular complexity index is 409. The van der Waals surface area contributed by atoms with E-state index in [2.05, 4.69) is 0 Å². The van der Waals surface area contributed by atoms with Crippen LogP contribution in [-0.4, -0.2) is 24.3 Å². The lowest BCUT2D eigenvalue weighted by molar-refractivity contribution is -0.145. The van der Waals surface area contributed by atoms with Crippen molar-refractivity contribution < 1.29 is 19.0 Å². The van der Waals surface area contributed by atoms with E-state index in [9.17, 15) is 14.3 Å². The smallest absolute Gasteiger partial charge is 0.310 e. The molecule has 2 rings (SSSR count). The number of hydrogen-bond donors (Lipinski definition) is 1. The summed E-state index contributed by atoms with van der Waals surface area (Å²) >= 11 is 0. The number of carboxylic acid groups (broad SMARTS) is 1. The molecule has 1 unspecified atom stereocenters. The van der Waals surface area contributed by atoms with Crippen LogP contribution in [0.5, 0.6) is 0 Å². The van der Waals surface area contributed by atoms with E-state index < -0.39 is 11.9 Å². The predicted molar refractivity (Wildman–Crippen MR) is 60.3 cm³/mol. The third kappa shape index (κ3) is 2.64. The van der Waals surface area contributed by atoms with E-state index in [1.165, 1.54) is 24.3 Å². The molecule has 17 heavy (non-hydrogen) atoms. The molecule has 1 saturated heterocycles. The first-order valence-corrected chi connectivity index (χ1v) is 5.56. The van der Waals surface area contributed by atoms with E-state index in [4.69, 9.17) is 4.74 Å². The minimum atomic E-state index is -0.871. The van der Waals surface area contributed by atoms with Gasteiger partial charge in [-0.1, -0.05) is 19.1 Å². The van der Waals surface area contributed by atoms with Crippen molar-refractivity contribution in [2.45, 2.75) is 19.3 Å². The van der Waals surface area contributed by atoms with Gasteiger partial charge in [0.15, 0.2) is 0 Å².